The number of amidine groups is 1. The smallest absolute Gasteiger partial charge is 0.280 e. The van der Waals surface area contributed by atoms with Gasteiger partial charge in [-0.15, -0.1) is 0 Å². The molecule has 2 N–H and O–H groups in total. The lowest BCUT2D eigenvalue weighted by molar-refractivity contribution is -0.102. The van der Waals surface area contributed by atoms with E-state index in [1.807, 2.05) is 17.0 Å². The molecule has 6 rings (SSSR count). The van der Waals surface area contributed by atoms with Crippen molar-refractivity contribution in [3.8, 4) is 0 Å². The van der Waals surface area contributed by atoms with Crippen LogP contribution in [0.15, 0.2) is 90.1 Å². The van der Waals surface area contributed by atoms with Gasteiger partial charge in [0.15, 0.2) is 6.23 Å². The number of ether oxygens (including phenoxy) is 1. The Labute approximate surface area is 228 Å². The van der Waals surface area contributed by atoms with Gasteiger partial charge in [0.2, 0.25) is 0 Å². The molecule has 2 aliphatic heterocycles. The average Bonchev–Trinajstić information content (AvgIpc) is 3.61. The molecule has 0 amide bonds. The summed E-state index contributed by atoms with van der Waals surface area (Å²) in [6.07, 6.45) is 8.69. The first-order chi connectivity index (χ1) is 19.2. The van der Waals surface area contributed by atoms with Crippen LogP contribution in [0.4, 0.5) is 0 Å². The first-order valence-corrected chi connectivity index (χ1v) is 13.5. The molecule has 3 heterocycles. The molecular weight excluding hydrogens is 488 g/mol. The van der Waals surface area contributed by atoms with Crippen molar-refractivity contribution >= 4 is 34.0 Å². The molecule has 0 spiro atoms. The van der Waals surface area contributed by atoms with Gasteiger partial charge in [-0.25, -0.2) is 20.0 Å². The molecule has 2 unspecified atom stereocenters. The number of hydroxylamine groups is 1. The van der Waals surface area contributed by atoms with Crippen molar-refractivity contribution in [3.05, 3.63) is 107 Å². The molecule has 3 aromatic carbocycles. The van der Waals surface area contributed by atoms with Crippen LogP contribution in [-0.2, 0) is 9.57 Å². The molecule has 0 bridgehead atoms. The van der Waals surface area contributed by atoms with E-state index in [0.717, 1.165) is 53.5 Å². The second-order valence-electron chi connectivity index (χ2n) is 9.77. The van der Waals surface area contributed by atoms with Gasteiger partial charge in [-0.1, -0.05) is 73.7 Å². The number of aromatic nitrogens is 2. The molecule has 4 aromatic rings. The highest BCUT2D eigenvalue weighted by atomic mass is 16.7. The number of aliphatic hydroxyl groups excluding tert-OH is 1. The number of hydrogen-bond acceptors (Lipinski definition) is 6. The second kappa shape index (κ2) is 11.4. The minimum Gasteiger partial charge on any atom is -0.356 e. The summed E-state index contributed by atoms with van der Waals surface area (Å²) in [6.45, 7) is 3.00. The molecule has 2 atom stereocenters. The molecule has 39 heavy (non-hydrogen) atoms. The van der Waals surface area contributed by atoms with Crippen LogP contribution in [0.1, 0.15) is 61.1 Å². The fourth-order valence-electron chi connectivity index (χ4n) is 5.33. The predicted molar refractivity (Wildman–Crippen MR) is 154 cm³/mol. The average molecular weight is 521 g/mol. The van der Waals surface area contributed by atoms with E-state index in [0.29, 0.717) is 5.84 Å². The van der Waals surface area contributed by atoms with Crippen LogP contribution in [0.25, 0.3) is 28.1 Å². The van der Waals surface area contributed by atoms with Gasteiger partial charge in [0.1, 0.15) is 5.84 Å². The lowest BCUT2D eigenvalue weighted by Crippen LogP contribution is -2.18. The quantitative estimate of drug-likeness (QED) is 0.279. The first-order valence-electron chi connectivity index (χ1n) is 13.5. The van der Waals surface area contributed by atoms with Crippen molar-refractivity contribution in [3.63, 3.8) is 0 Å². The zero-order chi connectivity index (χ0) is 26.6. The highest BCUT2D eigenvalue weighted by Gasteiger charge is 2.20. The van der Waals surface area contributed by atoms with Gasteiger partial charge in [0.05, 0.1) is 11.7 Å². The summed E-state index contributed by atoms with van der Waals surface area (Å²) in [5.41, 5.74) is 10.7. The first kappa shape index (κ1) is 25.2. The largest absolute Gasteiger partial charge is 0.356 e. The lowest BCUT2D eigenvalue weighted by atomic mass is 9.87. The zero-order valence-electron chi connectivity index (χ0n) is 22.0. The van der Waals surface area contributed by atoms with Crippen molar-refractivity contribution in [1.29, 1.82) is 0 Å². The lowest BCUT2D eigenvalue weighted by Gasteiger charge is -2.23. The summed E-state index contributed by atoms with van der Waals surface area (Å²) in [5, 5.41) is 15.2. The highest BCUT2D eigenvalue weighted by molar-refractivity contribution is 6.01. The number of hydrogen-bond donors (Lipinski definition) is 2. The SMILES string of the molecule is CC/C(=C(\c1ccc(C=CC2=NC(O)ON2)cc1)c1ccc2c(cnn2C2CCCCO2)c1)c1ccccc1. The monoisotopic (exact) mass is 520 g/mol. The Kier molecular flexibility index (Phi) is 7.36. The van der Waals surface area contributed by atoms with Crippen LogP contribution in [0.5, 0.6) is 0 Å². The zero-order valence-corrected chi connectivity index (χ0v) is 22.0. The van der Waals surface area contributed by atoms with E-state index < -0.39 is 6.41 Å². The predicted octanol–water partition coefficient (Wildman–Crippen LogP) is 6.33. The van der Waals surface area contributed by atoms with E-state index in [-0.39, 0.29) is 6.23 Å². The topological polar surface area (TPSA) is 80.9 Å². The number of aliphatic hydroxyl groups is 1. The van der Waals surface area contributed by atoms with Crippen LogP contribution in [0.2, 0.25) is 0 Å². The van der Waals surface area contributed by atoms with Gasteiger partial charge in [0.25, 0.3) is 6.41 Å². The van der Waals surface area contributed by atoms with Crippen LogP contribution in [0.3, 0.4) is 0 Å². The number of fused-ring (bicyclic) bond motifs is 1. The maximum atomic E-state index is 9.38. The summed E-state index contributed by atoms with van der Waals surface area (Å²) in [4.78, 5) is 8.78. The standard InChI is InChI=1S/C32H32N4O3/c1-2-27(23-8-4-3-5-9-23)31(24-14-11-22(12-15-24)13-18-29-34-32(37)39-35-29)25-16-17-28-26(20-25)21-33-36(28)30-10-6-7-19-38-30/h3-5,8-9,11-18,20-21,30,32,37H,2,6-7,10,19H2,1H3,(H,34,35)/b18-13?,31-27-. The molecule has 1 aromatic heterocycles. The number of aliphatic imine (C=N–C) groups is 1. The van der Waals surface area contributed by atoms with Gasteiger partial charge in [-0.05, 0) is 77.3 Å². The van der Waals surface area contributed by atoms with Crippen molar-refractivity contribution in [2.75, 3.05) is 6.61 Å². The van der Waals surface area contributed by atoms with E-state index in [9.17, 15) is 5.11 Å². The fourth-order valence-corrected chi connectivity index (χ4v) is 5.33. The molecule has 7 nitrogen and oxygen atoms in total. The summed E-state index contributed by atoms with van der Waals surface area (Å²) in [5.74, 6) is 0.483. The van der Waals surface area contributed by atoms with Crippen LogP contribution in [0, 0.1) is 0 Å². The van der Waals surface area contributed by atoms with Gasteiger partial charge in [-0.2, -0.15) is 5.10 Å². The van der Waals surface area contributed by atoms with Crippen molar-refractivity contribution in [2.24, 2.45) is 4.99 Å². The van der Waals surface area contributed by atoms with Crippen LogP contribution < -0.4 is 5.48 Å². The third-order valence-corrected chi connectivity index (χ3v) is 7.24. The van der Waals surface area contributed by atoms with Crippen molar-refractivity contribution in [2.45, 2.75) is 45.2 Å². The summed E-state index contributed by atoms with van der Waals surface area (Å²) in [7, 11) is 0. The molecule has 7 heteroatoms. The normalized spacial score (nSPS) is 20.2. The van der Waals surface area contributed by atoms with E-state index in [2.05, 4.69) is 90.2 Å². The van der Waals surface area contributed by atoms with E-state index in [1.165, 1.54) is 23.1 Å². The number of rotatable bonds is 7. The molecule has 198 valence electrons. The summed E-state index contributed by atoms with van der Waals surface area (Å²) >= 11 is 0. The Hall–Kier alpha value is -4.04. The molecule has 0 aliphatic carbocycles. The third-order valence-electron chi connectivity index (χ3n) is 7.24. The van der Waals surface area contributed by atoms with Crippen molar-refractivity contribution < 1.29 is 14.7 Å². The fraction of sp³-hybridized carbons (Fsp3) is 0.250. The molecule has 0 radical (unpaired) electrons. The minimum absolute atomic E-state index is 0.00783. The molecule has 2 aliphatic rings. The number of allylic oxidation sites excluding steroid dienone is 1. The van der Waals surface area contributed by atoms with Gasteiger partial charge in [0, 0.05) is 12.0 Å². The van der Waals surface area contributed by atoms with Crippen LogP contribution >= 0.6 is 0 Å². The maximum Gasteiger partial charge on any atom is 0.280 e. The van der Waals surface area contributed by atoms with Gasteiger partial charge >= 0.3 is 0 Å². The second-order valence-corrected chi connectivity index (χ2v) is 9.77. The summed E-state index contributed by atoms with van der Waals surface area (Å²) in [6, 6.07) is 25.7. The Morgan fingerprint density at radius 2 is 1.82 bits per heavy atom. The Bertz CT molecular complexity index is 1530. The Morgan fingerprint density at radius 1 is 1.00 bits per heavy atom. The molecule has 1 saturated heterocycles. The van der Waals surface area contributed by atoms with E-state index in [4.69, 9.17) is 14.7 Å². The Morgan fingerprint density at radius 3 is 2.54 bits per heavy atom. The third kappa shape index (κ3) is 5.43. The molecule has 1 fully saturated rings. The highest BCUT2D eigenvalue weighted by Crippen LogP contribution is 2.36. The van der Waals surface area contributed by atoms with E-state index in [1.54, 1.807) is 6.08 Å². The summed E-state index contributed by atoms with van der Waals surface area (Å²) < 4.78 is 8.05. The van der Waals surface area contributed by atoms with Crippen molar-refractivity contribution in [1.82, 2.24) is 15.3 Å². The van der Waals surface area contributed by atoms with Gasteiger partial charge < -0.3 is 9.84 Å². The van der Waals surface area contributed by atoms with Crippen LogP contribution in [-0.4, -0.2) is 33.7 Å². The minimum atomic E-state index is -1.16. The molecule has 0 saturated carbocycles. The maximum absolute atomic E-state index is 9.38. The number of nitrogens with one attached hydrogen (secondary N) is 1. The Balaban J connectivity index is 1.40. The number of nitrogens with zero attached hydrogens (tertiary/aromatic N) is 3. The number of benzene rings is 3. The van der Waals surface area contributed by atoms with Gasteiger partial charge in [-0.3, -0.25) is 0 Å². The van der Waals surface area contributed by atoms with E-state index >= 15 is 0 Å². The molecular formula is C32H32N4O3.